The van der Waals surface area contributed by atoms with E-state index in [4.69, 9.17) is 5.11 Å². The fraction of sp³-hybridized carbons (Fsp3) is 0.467. The summed E-state index contributed by atoms with van der Waals surface area (Å²) >= 11 is 0. The van der Waals surface area contributed by atoms with Crippen molar-refractivity contribution in [1.82, 2.24) is 14.7 Å². The van der Waals surface area contributed by atoms with E-state index in [1.165, 1.54) is 4.90 Å². The monoisotopic (exact) mass is 291 g/mol. The lowest BCUT2D eigenvalue weighted by atomic mass is 10.1. The number of rotatable bonds is 3. The third-order valence-corrected chi connectivity index (χ3v) is 3.63. The van der Waals surface area contributed by atoms with Crippen molar-refractivity contribution < 1.29 is 14.7 Å². The van der Waals surface area contributed by atoms with E-state index in [1.807, 2.05) is 24.3 Å². The lowest BCUT2D eigenvalue weighted by Gasteiger charge is -2.33. The molecule has 1 aromatic rings. The van der Waals surface area contributed by atoms with Gasteiger partial charge in [0.15, 0.2) is 0 Å². The number of carbonyl (C=O) groups is 2. The molecule has 2 rings (SSSR count). The van der Waals surface area contributed by atoms with Crippen LogP contribution in [0.3, 0.4) is 0 Å². The van der Waals surface area contributed by atoms with Gasteiger partial charge in [0.25, 0.3) is 5.91 Å². The minimum absolute atomic E-state index is 0.00690. The van der Waals surface area contributed by atoms with Crippen LogP contribution in [0.1, 0.15) is 15.9 Å². The molecule has 6 heteroatoms. The zero-order valence-corrected chi connectivity index (χ0v) is 12.5. The fourth-order valence-electron chi connectivity index (χ4n) is 2.42. The van der Waals surface area contributed by atoms with E-state index in [0.29, 0.717) is 18.7 Å². The number of benzene rings is 1. The molecule has 114 valence electrons. The molecule has 1 fully saturated rings. The Hall–Kier alpha value is -2.08. The summed E-state index contributed by atoms with van der Waals surface area (Å²) in [6.07, 6.45) is -0.853. The summed E-state index contributed by atoms with van der Waals surface area (Å²) in [6, 6.07) is 7.61. The van der Waals surface area contributed by atoms with Gasteiger partial charge < -0.3 is 14.9 Å². The Morgan fingerprint density at radius 3 is 2.43 bits per heavy atom. The lowest BCUT2D eigenvalue weighted by Crippen LogP contribution is -2.47. The van der Waals surface area contributed by atoms with Gasteiger partial charge >= 0.3 is 6.09 Å². The molecular formula is C15H21N3O3. The van der Waals surface area contributed by atoms with Gasteiger partial charge in [0, 0.05) is 52.4 Å². The molecule has 1 saturated heterocycles. The van der Waals surface area contributed by atoms with Gasteiger partial charge in [-0.05, 0) is 17.7 Å². The largest absolute Gasteiger partial charge is 0.465 e. The molecule has 1 aliphatic rings. The highest BCUT2D eigenvalue weighted by Gasteiger charge is 2.20. The normalized spacial score (nSPS) is 15.8. The quantitative estimate of drug-likeness (QED) is 0.908. The van der Waals surface area contributed by atoms with Gasteiger partial charge in [-0.2, -0.15) is 0 Å². The molecule has 6 nitrogen and oxygen atoms in total. The van der Waals surface area contributed by atoms with Gasteiger partial charge in [-0.25, -0.2) is 4.79 Å². The Morgan fingerprint density at radius 1 is 1.19 bits per heavy atom. The average Bonchev–Trinajstić information content (AvgIpc) is 2.47. The summed E-state index contributed by atoms with van der Waals surface area (Å²) in [5, 5.41) is 8.93. The molecule has 0 saturated carbocycles. The van der Waals surface area contributed by atoms with Crippen molar-refractivity contribution in [3.05, 3.63) is 35.4 Å². The number of piperazine rings is 1. The molecule has 0 atom stereocenters. The molecule has 0 aliphatic carbocycles. The molecule has 1 aromatic carbocycles. The summed E-state index contributed by atoms with van der Waals surface area (Å²) < 4.78 is 0. The van der Waals surface area contributed by atoms with Crippen molar-refractivity contribution in [1.29, 1.82) is 0 Å². The predicted octanol–water partition coefficient (Wildman–Crippen LogP) is 1.18. The molecule has 21 heavy (non-hydrogen) atoms. The molecule has 0 spiro atoms. The van der Waals surface area contributed by atoms with Crippen molar-refractivity contribution in [3.63, 3.8) is 0 Å². The molecule has 0 bridgehead atoms. The average molecular weight is 291 g/mol. The molecule has 1 heterocycles. The number of hydrogen-bond donors (Lipinski definition) is 1. The molecule has 2 amide bonds. The third-order valence-electron chi connectivity index (χ3n) is 3.63. The maximum Gasteiger partial charge on any atom is 0.407 e. The Kier molecular flexibility index (Phi) is 4.80. The molecule has 1 N–H and O–H groups in total. The topological polar surface area (TPSA) is 64.1 Å². The van der Waals surface area contributed by atoms with Crippen LogP contribution in [0.4, 0.5) is 4.79 Å². The van der Waals surface area contributed by atoms with Gasteiger partial charge in [-0.15, -0.1) is 0 Å². The molecule has 0 radical (unpaired) electrons. The minimum Gasteiger partial charge on any atom is -0.465 e. The second kappa shape index (κ2) is 6.58. The van der Waals surface area contributed by atoms with Crippen LogP contribution < -0.4 is 0 Å². The highest BCUT2D eigenvalue weighted by Crippen LogP contribution is 2.12. The predicted molar refractivity (Wildman–Crippen MR) is 79.3 cm³/mol. The first kappa shape index (κ1) is 15.3. The van der Waals surface area contributed by atoms with Crippen LogP contribution in [0.5, 0.6) is 0 Å². The first-order valence-corrected chi connectivity index (χ1v) is 6.98. The van der Waals surface area contributed by atoms with E-state index in [2.05, 4.69) is 4.90 Å². The van der Waals surface area contributed by atoms with Crippen LogP contribution >= 0.6 is 0 Å². The van der Waals surface area contributed by atoms with Gasteiger partial charge in [-0.1, -0.05) is 12.1 Å². The Balaban J connectivity index is 1.96. The van der Waals surface area contributed by atoms with E-state index >= 15 is 0 Å². The van der Waals surface area contributed by atoms with Crippen LogP contribution in [-0.4, -0.2) is 72.1 Å². The maximum absolute atomic E-state index is 11.9. The van der Waals surface area contributed by atoms with E-state index in [1.54, 1.807) is 19.0 Å². The number of amides is 2. The van der Waals surface area contributed by atoms with E-state index < -0.39 is 6.09 Å². The minimum atomic E-state index is -0.853. The van der Waals surface area contributed by atoms with Gasteiger partial charge in [-0.3, -0.25) is 9.69 Å². The molecular weight excluding hydrogens is 270 g/mol. The summed E-state index contributed by atoms with van der Waals surface area (Å²) in [5.74, 6) is -0.00690. The Bertz CT molecular complexity index is 523. The van der Waals surface area contributed by atoms with Crippen molar-refractivity contribution in [2.24, 2.45) is 0 Å². The fourth-order valence-corrected chi connectivity index (χ4v) is 2.42. The summed E-state index contributed by atoms with van der Waals surface area (Å²) in [6.45, 7) is 3.25. The van der Waals surface area contributed by atoms with E-state index in [-0.39, 0.29) is 5.91 Å². The van der Waals surface area contributed by atoms with Crippen LogP contribution in [0.25, 0.3) is 0 Å². The smallest absolute Gasteiger partial charge is 0.407 e. The van der Waals surface area contributed by atoms with Gasteiger partial charge in [0.05, 0.1) is 0 Å². The lowest BCUT2D eigenvalue weighted by molar-refractivity contribution is 0.0826. The van der Waals surface area contributed by atoms with Crippen molar-refractivity contribution in [2.75, 3.05) is 40.3 Å². The number of carboxylic acid groups (broad SMARTS) is 1. The summed E-state index contributed by atoms with van der Waals surface area (Å²) in [7, 11) is 3.47. The van der Waals surface area contributed by atoms with Crippen molar-refractivity contribution in [3.8, 4) is 0 Å². The zero-order chi connectivity index (χ0) is 15.4. The molecule has 0 aromatic heterocycles. The molecule has 0 unspecified atom stereocenters. The van der Waals surface area contributed by atoms with Gasteiger partial charge in [0.2, 0.25) is 0 Å². The van der Waals surface area contributed by atoms with Crippen molar-refractivity contribution >= 4 is 12.0 Å². The van der Waals surface area contributed by atoms with Crippen molar-refractivity contribution in [2.45, 2.75) is 6.54 Å². The highest BCUT2D eigenvalue weighted by molar-refractivity contribution is 5.94. The summed E-state index contributed by atoms with van der Waals surface area (Å²) in [4.78, 5) is 28.0. The number of carbonyl (C=O) groups excluding carboxylic acids is 1. The Morgan fingerprint density at radius 2 is 1.86 bits per heavy atom. The second-order valence-corrected chi connectivity index (χ2v) is 5.45. The second-order valence-electron chi connectivity index (χ2n) is 5.45. The zero-order valence-electron chi connectivity index (χ0n) is 12.5. The third kappa shape index (κ3) is 3.95. The van der Waals surface area contributed by atoms with Crippen LogP contribution in [0.2, 0.25) is 0 Å². The van der Waals surface area contributed by atoms with E-state index in [9.17, 15) is 9.59 Å². The Labute approximate surface area is 124 Å². The first-order valence-electron chi connectivity index (χ1n) is 6.98. The first-order chi connectivity index (χ1) is 9.97. The highest BCUT2D eigenvalue weighted by atomic mass is 16.4. The standard InChI is InChI=1S/C15H21N3O3/c1-16(2)14(19)13-5-3-4-12(10-13)11-17-6-8-18(9-7-17)15(20)21/h3-5,10H,6-9,11H2,1-2H3,(H,20,21). The maximum atomic E-state index is 11.9. The number of nitrogens with zero attached hydrogens (tertiary/aromatic N) is 3. The van der Waals surface area contributed by atoms with Gasteiger partial charge in [0.1, 0.15) is 0 Å². The van der Waals surface area contributed by atoms with Crippen LogP contribution in [0, 0.1) is 0 Å². The van der Waals surface area contributed by atoms with Crippen LogP contribution in [-0.2, 0) is 6.54 Å². The van der Waals surface area contributed by atoms with Crippen LogP contribution in [0.15, 0.2) is 24.3 Å². The number of hydrogen-bond acceptors (Lipinski definition) is 3. The SMILES string of the molecule is CN(C)C(=O)c1cccc(CN2CCN(C(=O)O)CC2)c1. The molecule has 1 aliphatic heterocycles. The van der Waals surface area contributed by atoms with E-state index in [0.717, 1.165) is 25.2 Å². The summed E-state index contributed by atoms with van der Waals surface area (Å²) in [5.41, 5.74) is 1.76.